The maximum absolute atomic E-state index is 13.4. The van der Waals surface area contributed by atoms with Crippen molar-refractivity contribution in [1.29, 1.82) is 0 Å². The number of aromatic nitrogens is 2. The first-order valence-corrected chi connectivity index (χ1v) is 12.0. The molecule has 2 aromatic rings. The van der Waals surface area contributed by atoms with Crippen LogP contribution in [-0.4, -0.2) is 41.4 Å². The van der Waals surface area contributed by atoms with Crippen molar-refractivity contribution in [2.45, 2.75) is 52.0 Å². The maximum atomic E-state index is 13.4. The molecule has 0 aliphatic carbocycles. The van der Waals surface area contributed by atoms with Crippen LogP contribution in [0.15, 0.2) is 40.1 Å². The molecule has 2 heterocycles. The summed E-state index contributed by atoms with van der Waals surface area (Å²) in [6, 6.07) is 5.91. The lowest BCUT2D eigenvalue weighted by molar-refractivity contribution is -0.142. The number of methoxy groups -OCH3 is 1. The zero-order valence-corrected chi connectivity index (χ0v) is 19.8. The molecule has 1 saturated heterocycles. The topological polar surface area (TPSA) is 138 Å². The molecule has 33 heavy (non-hydrogen) atoms. The molecule has 3 rings (SSSR count). The number of H-pyrrole nitrogens is 1. The number of nitrogens with zero attached hydrogens (tertiary/aromatic N) is 1. The first kappa shape index (κ1) is 24.9. The number of rotatable bonds is 9. The van der Waals surface area contributed by atoms with Gasteiger partial charge in [-0.1, -0.05) is 17.7 Å². The summed E-state index contributed by atoms with van der Waals surface area (Å²) in [5, 5.41) is 2.58. The lowest BCUT2D eigenvalue weighted by Crippen LogP contribution is -2.35. The minimum Gasteiger partial charge on any atom is -0.468 e. The molecule has 180 valence electrons. The zero-order chi connectivity index (χ0) is 24.2. The largest absolute Gasteiger partial charge is 0.468 e. The number of hydrogen-bond acceptors (Lipinski definition) is 8. The zero-order valence-electron chi connectivity index (χ0n) is 18.9. The molecule has 11 nitrogen and oxygen atoms in total. The molecule has 0 bridgehead atoms. The van der Waals surface area contributed by atoms with Gasteiger partial charge in [-0.2, -0.15) is 5.09 Å². The van der Waals surface area contributed by atoms with Gasteiger partial charge in [-0.05, 0) is 45.7 Å². The molecular weight excluding hydrogens is 453 g/mol. The minimum absolute atomic E-state index is 0.113. The third-order valence-corrected chi connectivity index (χ3v) is 6.77. The number of aryl methyl sites for hydroxylation is 2. The molecule has 1 aromatic heterocycles. The Morgan fingerprint density at radius 3 is 2.64 bits per heavy atom. The summed E-state index contributed by atoms with van der Waals surface area (Å²) in [4.78, 5) is 37.8. The Balaban J connectivity index is 1.70. The summed E-state index contributed by atoms with van der Waals surface area (Å²) in [6.45, 7) is 4.86. The predicted octanol–water partition coefficient (Wildman–Crippen LogP) is 2.19. The van der Waals surface area contributed by atoms with Gasteiger partial charge in [-0.25, -0.2) is 9.36 Å². The van der Waals surface area contributed by atoms with E-state index in [4.69, 9.17) is 13.8 Å². The molecule has 1 aliphatic heterocycles. The second-order valence-corrected chi connectivity index (χ2v) is 9.53. The van der Waals surface area contributed by atoms with Gasteiger partial charge in [0, 0.05) is 11.8 Å². The molecule has 0 saturated carbocycles. The van der Waals surface area contributed by atoms with Crippen LogP contribution in [0.4, 0.5) is 0 Å². The Labute approximate surface area is 190 Å². The molecule has 4 atom stereocenters. The number of hydrogen-bond donors (Lipinski definition) is 2. The van der Waals surface area contributed by atoms with Crippen LogP contribution in [0.5, 0.6) is 5.75 Å². The van der Waals surface area contributed by atoms with E-state index in [0.717, 1.165) is 5.56 Å². The van der Waals surface area contributed by atoms with Gasteiger partial charge in [-0.15, -0.1) is 0 Å². The van der Waals surface area contributed by atoms with Gasteiger partial charge >= 0.3 is 19.4 Å². The Bertz CT molecular complexity index is 1140. The van der Waals surface area contributed by atoms with Crippen LogP contribution in [0.1, 0.15) is 37.1 Å². The third-order valence-electron chi connectivity index (χ3n) is 5.12. The van der Waals surface area contributed by atoms with Gasteiger partial charge in [0.2, 0.25) is 0 Å². The van der Waals surface area contributed by atoms with Gasteiger partial charge in [0.25, 0.3) is 5.56 Å². The first-order valence-electron chi connectivity index (χ1n) is 10.4. The lowest BCUT2D eigenvalue weighted by Gasteiger charge is -2.24. The van der Waals surface area contributed by atoms with Crippen molar-refractivity contribution in [2.75, 3.05) is 13.7 Å². The number of carbonyl (C=O) groups is 1. The van der Waals surface area contributed by atoms with E-state index in [1.807, 2.05) is 6.92 Å². The summed E-state index contributed by atoms with van der Waals surface area (Å²) in [7, 11) is -2.77. The van der Waals surface area contributed by atoms with Crippen LogP contribution in [0.3, 0.4) is 0 Å². The van der Waals surface area contributed by atoms with Gasteiger partial charge in [0.15, 0.2) is 0 Å². The molecule has 1 fully saturated rings. The standard InChI is InChI=1S/C21H28N3O8P/c1-13-5-7-16(8-6-13)32-33(28,23-15(3)20(26)29-4)30-12-17-9-10-18(31-17)24-11-14(2)19(25)22-21(24)27/h5-8,11,15,17-18H,9-10,12H2,1-4H3,(H,23,28)(H,22,25,27). The monoisotopic (exact) mass is 481 g/mol. The van der Waals surface area contributed by atoms with E-state index in [1.54, 1.807) is 31.2 Å². The van der Waals surface area contributed by atoms with E-state index in [0.29, 0.717) is 24.2 Å². The Hall–Kier alpha value is -2.72. The summed E-state index contributed by atoms with van der Waals surface area (Å²) in [6.07, 6.45) is 1.38. The molecule has 2 N–H and O–H groups in total. The van der Waals surface area contributed by atoms with Crippen molar-refractivity contribution in [2.24, 2.45) is 0 Å². The van der Waals surface area contributed by atoms with Crippen LogP contribution in [0.25, 0.3) is 0 Å². The maximum Gasteiger partial charge on any atom is 0.459 e. The molecule has 1 aromatic carbocycles. The average Bonchev–Trinajstić information content (AvgIpc) is 3.25. The quantitative estimate of drug-likeness (QED) is 0.408. The van der Waals surface area contributed by atoms with Gasteiger partial charge in [-0.3, -0.25) is 23.7 Å². The van der Waals surface area contributed by atoms with Crippen molar-refractivity contribution in [1.82, 2.24) is 14.6 Å². The number of carbonyl (C=O) groups excluding carboxylic acids is 1. The van der Waals surface area contributed by atoms with E-state index in [-0.39, 0.29) is 6.61 Å². The van der Waals surface area contributed by atoms with Crippen molar-refractivity contribution >= 4 is 13.7 Å². The fourth-order valence-corrected chi connectivity index (χ4v) is 4.81. The summed E-state index contributed by atoms with van der Waals surface area (Å²) < 4.78 is 36.5. The number of nitrogens with one attached hydrogen (secondary N) is 2. The predicted molar refractivity (Wildman–Crippen MR) is 119 cm³/mol. The lowest BCUT2D eigenvalue weighted by atomic mass is 10.2. The highest BCUT2D eigenvalue weighted by Gasteiger charge is 2.35. The van der Waals surface area contributed by atoms with Crippen molar-refractivity contribution in [3.05, 3.63) is 62.4 Å². The summed E-state index contributed by atoms with van der Waals surface area (Å²) >= 11 is 0. The van der Waals surface area contributed by atoms with E-state index >= 15 is 0 Å². The second kappa shape index (κ2) is 10.5. The van der Waals surface area contributed by atoms with Crippen molar-refractivity contribution in [3.63, 3.8) is 0 Å². The van der Waals surface area contributed by atoms with Crippen LogP contribution in [0, 0.1) is 13.8 Å². The van der Waals surface area contributed by atoms with E-state index in [9.17, 15) is 18.9 Å². The van der Waals surface area contributed by atoms with Crippen LogP contribution >= 0.6 is 7.75 Å². The molecule has 0 spiro atoms. The van der Waals surface area contributed by atoms with Crippen LogP contribution in [-0.2, 0) is 23.4 Å². The highest BCUT2D eigenvalue weighted by molar-refractivity contribution is 7.52. The van der Waals surface area contributed by atoms with E-state index in [2.05, 4.69) is 14.8 Å². The van der Waals surface area contributed by atoms with Crippen LogP contribution in [0.2, 0.25) is 0 Å². The average molecular weight is 481 g/mol. The van der Waals surface area contributed by atoms with Crippen LogP contribution < -0.4 is 20.9 Å². The Morgan fingerprint density at radius 1 is 1.27 bits per heavy atom. The van der Waals surface area contributed by atoms with Gasteiger partial charge in [0.05, 0.1) is 19.8 Å². The fourth-order valence-electron chi connectivity index (χ4n) is 3.29. The minimum atomic E-state index is -3.99. The van der Waals surface area contributed by atoms with Crippen molar-refractivity contribution in [3.8, 4) is 5.75 Å². The molecular formula is C21H28N3O8P. The Morgan fingerprint density at radius 2 is 1.97 bits per heavy atom. The molecule has 0 radical (unpaired) electrons. The Kier molecular flexibility index (Phi) is 7.91. The van der Waals surface area contributed by atoms with Gasteiger partial charge < -0.3 is 14.0 Å². The SMILES string of the molecule is COC(=O)C(C)NP(=O)(OCC1CCC(n2cc(C)c(=O)[nH]c2=O)O1)Oc1ccc(C)cc1. The van der Waals surface area contributed by atoms with E-state index < -0.39 is 43.3 Å². The highest BCUT2D eigenvalue weighted by atomic mass is 31.2. The summed E-state index contributed by atoms with van der Waals surface area (Å²) in [5.41, 5.74) is 0.357. The number of ether oxygens (including phenoxy) is 2. The number of esters is 1. The van der Waals surface area contributed by atoms with Crippen molar-refractivity contribution < 1.29 is 27.9 Å². The number of aromatic amines is 1. The second-order valence-electron chi connectivity index (χ2n) is 7.84. The third kappa shape index (κ3) is 6.42. The molecule has 0 amide bonds. The molecule has 4 unspecified atom stereocenters. The molecule has 1 aliphatic rings. The smallest absolute Gasteiger partial charge is 0.459 e. The first-order chi connectivity index (χ1) is 15.6. The normalized spacial score (nSPS) is 20.7. The fraction of sp³-hybridized carbons (Fsp3) is 0.476. The highest BCUT2D eigenvalue weighted by Crippen LogP contribution is 2.46. The summed E-state index contributed by atoms with van der Waals surface area (Å²) in [5.74, 6) is -0.328. The van der Waals surface area contributed by atoms with Gasteiger partial charge in [0.1, 0.15) is 18.0 Å². The molecule has 12 heteroatoms. The number of benzene rings is 1. The van der Waals surface area contributed by atoms with E-state index in [1.165, 1.54) is 24.8 Å².